The number of aromatic nitrogens is 2. The highest BCUT2D eigenvalue weighted by Crippen LogP contribution is 2.20. The van der Waals surface area contributed by atoms with E-state index in [1.807, 2.05) is 26.0 Å². The van der Waals surface area contributed by atoms with E-state index >= 15 is 0 Å². The minimum absolute atomic E-state index is 0.242. The number of aryl methyl sites for hydroxylation is 2. The minimum atomic E-state index is -0.466. The molecule has 0 fully saturated rings. The molecule has 3 rings (SSSR count). The predicted molar refractivity (Wildman–Crippen MR) is 76.4 cm³/mol. The molecule has 1 aromatic carbocycles. The van der Waals surface area contributed by atoms with Crippen LogP contribution in [0.25, 0.3) is 6.08 Å². The van der Waals surface area contributed by atoms with E-state index in [1.165, 1.54) is 11.5 Å². The van der Waals surface area contributed by atoms with Crippen molar-refractivity contribution in [2.24, 2.45) is 4.99 Å². The second-order valence-electron chi connectivity index (χ2n) is 4.54. The van der Waals surface area contributed by atoms with Crippen LogP contribution in [0.5, 0.6) is 0 Å². The number of rotatable bonds is 2. The summed E-state index contributed by atoms with van der Waals surface area (Å²) >= 11 is 1.22. The Bertz CT molecular complexity index is 713. The topological polar surface area (TPSA) is 64.4 Å². The third-order valence-electron chi connectivity index (χ3n) is 2.75. The average Bonchev–Trinajstić information content (AvgIpc) is 3.00. The molecule has 0 atom stereocenters. The number of hydrogen-bond acceptors (Lipinski definition) is 6. The lowest BCUT2D eigenvalue weighted by Crippen LogP contribution is -2.05. The molecule has 0 radical (unpaired) electrons. The highest BCUT2D eigenvalue weighted by molar-refractivity contribution is 7.03. The Labute approximate surface area is 119 Å². The summed E-state index contributed by atoms with van der Waals surface area (Å²) in [6, 6.07) is 5.93. The van der Waals surface area contributed by atoms with Crippen molar-refractivity contribution < 1.29 is 9.53 Å². The number of hydrogen-bond donors (Lipinski definition) is 0. The molecule has 0 unspecified atom stereocenters. The maximum atomic E-state index is 11.8. The van der Waals surface area contributed by atoms with Crippen molar-refractivity contribution in [3.8, 4) is 0 Å². The predicted octanol–water partition coefficient (Wildman–Crippen LogP) is 2.50. The zero-order chi connectivity index (χ0) is 14.1. The molecule has 2 aromatic rings. The smallest absolute Gasteiger partial charge is 0.363 e. The third-order valence-corrected chi connectivity index (χ3v) is 3.27. The van der Waals surface area contributed by atoms with Gasteiger partial charge in [0.15, 0.2) is 5.70 Å². The molecule has 0 spiro atoms. The van der Waals surface area contributed by atoms with Crippen molar-refractivity contribution in [3.63, 3.8) is 0 Å². The summed E-state index contributed by atoms with van der Waals surface area (Å²) in [5.41, 5.74) is 3.84. The molecule has 2 heterocycles. The van der Waals surface area contributed by atoms with Gasteiger partial charge in [-0.2, -0.15) is 0 Å². The molecule has 0 saturated heterocycles. The first-order chi connectivity index (χ1) is 9.61. The number of ether oxygens (including phenoxy) is 1. The Morgan fingerprint density at radius 3 is 2.60 bits per heavy atom. The fourth-order valence-electron chi connectivity index (χ4n) is 2.01. The molecule has 5 nitrogen and oxygen atoms in total. The van der Waals surface area contributed by atoms with E-state index in [-0.39, 0.29) is 5.70 Å². The van der Waals surface area contributed by atoms with Crippen LogP contribution in [0.2, 0.25) is 0 Å². The van der Waals surface area contributed by atoms with Gasteiger partial charge in [-0.3, -0.25) is 0 Å². The molecule has 1 aromatic heterocycles. The van der Waals surface area contributed by atoms with Crippen LogP contribution < -0.4 is 0 Å². The minimum Gasteiger partial charge on any atom is -0.402 e. The normalized spacial score (nSPS) is 16.4. The second-order valence-corrected chi connectivity index (χ2v) is 5.15. The van der Waals surface area contributed by atoms with Crippen LogP contribution in [0.1, 0.15) is 22.4 Å². The highest BCUT2D eigenvalue weighted by Gasteiger charge is 2.24. The molecule has 0 bridgehead atoms. The molecule has 0 saturated carbocycles. The van der Waals surface area contributed by atoms with Crippen LogP contribution in [0.4, 0.5) is 0 Å². The summed E-state index contributed by atoms with van der Waals surface area (Å²) < 4.78 is 8.95. The Kier molecular flexibility index (Phi) is 3.15. The first-order valence-corrected chi connectivity index (χ1v) is 6.84. The van der Waals surface area contributed by atoms with E-state index in [1.54, 1.807) is 11.5 Å². The molecular weight excluding hydrogens is 274 g/mol. The maximum Gasteiger partial charge on any atom is 0.363 e. The fourth-order valence-corrected chi connectivity index (χ4v) is 2.42. The second kappa shape index (κ2) is 4.97. The lowest BCUT2D eigenvalue weighted by Gasteiger charge is -2.03. The zero-order valence-electron chi connectivity index (χ0n) is 11.0. The van der Waals surface area contributed by atoms with Crippen LogP contribution >= 0.6 is 11.5 Å². The van der Waals surface area contributed by atoms with Gasteiger partial charge < -0.3 is 4.74 Å². The van der Waals surface area contributed by atoms with Crippen LogP contribution in [-0.4, -0.2) is 21.5 Å². The van der Waals surface area contributed by atoms with Crippen molar-refractivity contribution >= 4 is 29.5 Å². The van der Waals surface area contributed by atoms with Crippen LogP contribution in [-0.2, 0) is 9.53 Å². The SMILES string of the molecule is Cc1cc(C)cc(C2=N/C(=C/c3csnn3)C(=O)O2)c1. The van der Waals surface area contributed by atoms with E-state index in [4.69, 9.17) is 4.74 Å². The Morgan fingerprint density at radius 2 is 1.95 bits per heavy atom. The van der Waals surface area contributed by atoms with Gasteiger partial charge in [0.25, 0.3) is 0 Å². The number of carbonyl (C=O) groups is 1. The van der Waals surface area contributed by atoms with Gasteiger partial charge in [-0.25, -0.2) is 9.79 Å². The molecule has 0 amide bonds. The Morgan fingerprint density at radius 1 is 1.20 bits per heavy atom. The first-order valence-electron chi connectivity index (χ1n) is 6.00. The fraction of sp³-hybridized carbons (Fsp3) is 0.143. The largest absolute Gasteiger partial charge is 0.402 e. The lowest BCUT2D eigenvalue weighted by molar-refractivity contribution is -0.129. The van der Waals surface area contributed by atoms with Crippen molar-refractivity contribution in [2.45, 2.75) is 13.8 Å². The third kappa shape index (κ3) is 2.50. The Balaban J connectivity index is 1.98. The summed E-state index contributed by atoms with van der Waals surface area (Å²) in [6.45, 7) is 3.98. The molecular formula is C14H11N3O2S. The summed E-state index contributed by atoms with van der Waals surface area (Å²) in [4.78, 5) is 16.0. The van der Waals surface area contributed by atoms with Gasteiger partial charge in [-0.05, 0) is 43.6 Å². The standard InChI is InChI=1S/C14H11N3O2S/c1-8-3-9(2)5-10(4-8)13-15-12(14(18)19-13)6-11-7-20-17-16-11/h3-7H,1-2H3/b12-6+. The lowest BCUT2D eigenvalue weighted by atomic mass is 10.1. The number of carbonyl (C=O) groups excluding carboxylic acids is 1. The number of aliphatic imine (C=N–C) groups is 1. The van der Waals surface area contributed by atoms with Gasteiger partial charge in [0.1, 0.15) is 5.69 Å². The quantitative estimate of drug-likeness (QED) is 0.628. The van der Waals surface area contributed by atoms with E-state index < -0.39 is 5.97 Å². The zero-order valence-corrected chi connectivity index (χ0v) is 11.8. The van der Waals surface area contributed by atoms with E-state index in [9.17, 15) is 4.79 Å². The van der Waals surface area contributed by atoms with Crippen molar-refractivity contribution in [3.05, 3.63) is 51.7 Å². The van der Waals surface area contributed by atoms with Gasteiger partial charge in [-0.15, -0.1) is 5.10 Å². The van der Waals surface area contributed by atoms with Crippen LogP contribution in [0, 0.1) is 13.8 Å². The number of benzene rings is 1. The molecule has 0 N–H and O–H groups in total. The maximum absolute atomic E-state index is 11.8. The van der Waals surface area contributed by atoms with Gasteiger partial charge >= 0.3 is 5.97 Å². The highest BCUT2D eigenvalue weighted by atomic mass is 32.1. The van der Waals surface area contributed by atoms with Crippen LogP contribution in [0.3, 0.4) is 0 Å². The molecule has 20 heavy (non-hydrogen) atoms. The van der Waals surface area contributed by atoms with E-state index in [2.05, 4.69) is 20.6 Å². The van der Waals surface area contributed by atoms with E-state index in [0.717, 1.165) is 16.7 Å². The number of esters is 1. The van der Waals surface area contributed by atoms with Gasteiger partial charge in [0, 0.05) is 10.9 Å². The molecule has 100 valence electrons. The van der Waals surface area contributed by atoms with Gasteiger partial charge in [-0.1, -0.05) is 21.7 Å². The molecule has 1 aliphatic heterocycles. The van der Waals surface area contributed by atoms with Crippen LogP contribution in [0.15, 0.2) is 34.3 Å². The van der Waals surface area contributed by atoms with Gasteiger partial charge in [0.05, 0.1) is 0 Å². The number of nitrogens with zero attached hydrogens (tertiary/aromatic N) is 3. The van der Waals surface area contributed by atoms with Crippen molar-refractivity contribution in [2.75, 3.05) is 0 Å². The van der Waals surface area contributed by atoms with Gasteiger partial charge in [0.2, 0.25) is 5.90 Å². The summed E-state index contributed by atoms with van der Waals surface area (Å²) in [5, 5.41) is 5.60. The van der Waals surface area contributed by atoms with Crippen molar-refractivity contribution in [1.29, 1.82) is 0 Å². The average molecular weight is 285 g/mol. The number of cyclic esters (lactones) is 1. The molecule has 1 aliphatic rings. The monoisotopic (exact) mass is 285 g/mol. The van der Waals surface area contributed by atoms with E-state index in [0.29, 0.717) is 11.6 Å². The molecule has 6 heteroatoms. The summed E-state index contributed by atoms with van der Waals surface area (Å²) in [5.74, 6) is -0.136. The van der Waals surface area contributed by atoms with Crippen molar-refractivity contribution in [1.82, 2.24) is 9.59 Å². The summed E-state index contributed by atoms with van der Waals surface area (Å²) in [7, 11) is 0. The Hall–Kier alpha value is -2.34. The first kappa shape index (κ1) is 12.7. The summed E-state index contributed by atoms with van der Waals surface area (Å²) in [6.07, 6.45) is 1.57. The molecule has 0 aliphatic carbocycles.